The highest BCUT2D eigenvalue weighted by Crippen LogP contribution is 2.45. The van der Waals surface area contributed by atoms with Crippen molar-refractivity contribution < 1.29 is 14.3 Å². The average molecular weight is 308 g/mol. The molecule has 0 aliphatic heterocycles. The molecule has 2 aromatic carbocycles. The fourth-order valence-electron chi connectivity index (χ4n) is 2.82. The van der Waals surface area contributed by atoms with Crippen LogP contribution in [-0.4, -0.2) is 19.0 Å². The van der Waals surface area contributed by atoms with Gasteiger partial charge in [0.15, 0.2) is 5.78 Å². The molecule has 118 valence electrons. The van der Waals surface area contributed by atoms with Crippen LogP contribution < -0.4 is 4.74 Å². The molecule has 23 heavy (non-hydrogen) atoms. The van der Waals surface area contributed by atoms with Gasteiger partial charge in [-0.25, -0.2) is 0 Å². The molecule has 1 aliphatic rings. The zero-order valence-corrected chi connectivity index (χ0v) is 13.6. The SMILES string of the molecule is COc1ccc(C2C(=O)C(c3ccccc3)=C2OC(C)C)cc1. The largest absolute Gasteiger partial charge is 0.497 e. The first kappa shape index (κ1) is 15.3. The Bertz CT molecular complexity index is 727. The van der Waals surface area contributed by atoms with Crippen molar-refractivity contribution in [1.29, 1.82) is 0 Å². The van der Waals surface area contributed by atoms with Crippen LogP contribution in [0.3, 0.4) is 0 Å². The summed E-state index contributed by atoms with van der Waals surface area (Å²) in [4.78, 5) is 12.7. The standard InChI is InChI=1S/C20H20O3/c1-13(2)23-20-17(14-7-5-4-6-8-14)19(21)18(20)15-9-11-16(22-3)12-10-15/h4-13,18H,1-3H3. The van der Waals surface area contributed by atoms with E-state index in [1.54, 1.807) is 7.11 Å². The van der Waals surface area contributed by atoms with Crippen LogP contribution >= 0.6 is 0 Å². The molecule has 0 fully saturated rings. The first-order valence-corrected chi connectivity index (χ1v) is 7.76. The summed E-state index contributed by atoms with van der Waals surface area (Å²) in [6, 6.07) is 17.3. The zero-order chi connectivity index (χ0) is 16.4. The minimum absolute atomic E-state index is 0.0255. The number of Topliss-reactive ketones (excluding diaryl/α,β-unsaturated/α-hetero) is 1. The average Bonchev–Trinajstić information content (AvgIpc) is 2.56. The van der Waals surface area contributed by atoms with E-state index >= 15 is 0 Å². The van der Waals surface area contributed by atoms with Crippen LogP contribution in [0.5, 0.6) is 5.75 Å². The molecule has 0 amide bonds. The molecule has 0 saturated heterocycles. The summed E-state index contributed by atoms with van der Waals surface area (Å²) >= 11 is 0. The van der Waals surface area contributed by atoms with Gasteiger partial charge in [0.1, 0.15) is 17.4 Å². The number of benzene rings is 2. The maximum absolute atomic E-state index is 12.7. The molecule has 0 N–H and O–H groups in total. The molecule has 1 aliphatic carbocycles. The number of allylic oxidation sites excluding steroid dienone is 2. The Morgan fingerprint density at radius 3 is 2.17 bits per heavy atom. The van der Waals surface area contributed by atoms with Crippen molar-refractivity contribution in [2.45, 2.75) is 25.9 Å². The molecule has 1 unspecified atom stereocenters. The van der Waals surface area contributed by atoms with E-state index in [0.717, 1.165) is 22.6 Å². The van der Waals surface area contributed by atoms with E-state index in [1.165, 1.54) is 0 Å². The summed E-state index contributed by atoms with van der Waals surface area (Å²) in [6.45, 7) is 3.95. The Morgan fingerprint density at radius 1 is 0.957 bits per heavy atom. The van der Waals surface area contributed by atoms with Crippen molar-refractivity contribution in [3.63, 3.8) is 0 Å². The highest BCUT2D eigenvalue weighted by Gasteiger charge is 2.42. The number of carbonyl (C=O) groups excluding carboxylic acids is 1. The van der Waals surface area contributed by atoms with Gasteiger partial charge in [-0.2, -0.15) is 0 Å². The summed E-state index contributed by atoms with van der Waals surface area (Å²) in [5.41, 5.74) is 2.55. The van der Waals surface area contributed by atoms with Crippen LogP contribution in [0.25, 0.3) is 5.57 Å². The maximum Gasteiger partial charge on any atom is 0.181 e. The van der Waals surface area contributed by atoms with Crippen LogP contribution in [0.1, 0.15) is 30.9 Å². The van der Waals surface area contributed by atoms with Crippen LogP contribution in [-0.2, 0) is 9.53 Å². The number of ketones is 1. The van der Waals surface area contributed by atoms with Crippen molar-refractivity contribution in [2.24, 2.45) is 0 Å². The number of carbonyl (C=O) groups is 1. The summed E-state index contributed by atoms with van der Waals surface area (Å²) in [5.74, 6) is 1.33. The predicted molar refractivity (Wildman–Crippen MR) is 90.3 cm³/mol. The Hall–Kier alpha value is -2.55. The maximum atomic E-state index is 12.7. The smallest absolute Gasteiger partial charge is 0.181 e. The zero-order valence-electron chi connectivity index (χ0n) is 13.6. The molecule has 3 nitrogen and oxygen atoms in total. The van der Waals surface area contributed by atoms with Crippen molar-refractivity contribution >= 4 is 11.4 Å². The summed E-state index contributed by atoms with van der Waals surface area (Å²) in [7, 11) is 1.63. The van der Waals surface area contributed by atoms with E-state index in [4.69, 9.17) is 9.47 Å². The fourth-order valence-corrected chi connectivity index (χ4v) is 2.82. The van der Waals surface area contributed by atoms with E-state index in [-0.39, 0.29) is 17.8 Å². The first-order chi connectivity index (χ1) is 11.1. The second kappa shape index (κ2) is 6.29. The second-order valence-electron chi connectivity index (χ2n) is 5.84. The van der Waals surface area contributed by atoms with E-state index in [0.29, 0.717) is 5.57 Å². The lowest BCUT2D eigenvalue weighted by Crippen LogP contribution is -2.31. The van der Waals surface area contributed by atoms with E-state index in [9.17, 15) is 4.79 Å². The van der Waals surface area contributed by atoms with Crippen LogP contribution in [0, 0.1) is 0 Å². The van der Waals surface area contributed by atoms with Crippen LogP contribution in [0.4, 0.5) is 0 Å². The van der Waals surface area contributed by atoms with Gasteiger partial charge in [-0.3, -0.25) is 4.79 Å². The van der Waals surface area contributed by atoms with Gasteiger partial charge in [0.2, 0.25) is 0 Å². The topological polar surface area (TPSA) is 35.5 Å². The molecule has 0 saturated carbocycles. The van der Waals surface area contributed by atoms with Crippen LogP contribution in [0.2, 0.25) is 0 Å². The van der Waals surface area contributed by atoms with Gasteiger partial charge in [0.05, 0.1) is 18.8 Å². The number of hydrogen-bond donors (Lipinski definition) is 0. The molecule has 0 heterocycles. The Labute approximate surface area is 136 Å². The molecular formula is C20H20O3. The van der Waals surface area contributed by atoms with Gasteiger partial charge in [-0.1, -0.05) is 42.5 Å². The van der Waals surface area contributed by atoms with Gasteiger partial charge in [0, 0.05) is 0 Å². The summed E-state index contributed by atoms with van der Waals surface area (Å²) in [5, 5.41) is 0. The fraction of sp³-hybridized carbons (Fsp3) is 0.250. The molecule has 1 atom stereocenters. The van der Waals surface area contributed by atoms with Crippen molar-refractivity contribution in [1.82, 2.24) is 0 Å². The van der Waals surface area contributed by atoms with Crippen molar-refractivity contribution in [3.8, 4) is 5.75 Å². The van der Waals surface area contributed by atoms with Crippen molar-refractivity contribution in [2.75, 3.05) is 7.11 Å². The lowest BCUT2D eigenvalue weighted by atomic mass is 9.75. The summed E-state index contributed by atoms with van der Waals surface area (Å²) < 4.78 is 11.2. The quantitative estimate of drug-likeness (QED) is 0.830. The number of hydrogen-bond acceptors (Lipinski definition) is 3. The lowest BCUT2D eigenvalue weighted by molar-refractivity contribution is -0.117. The summed E-state index contributed by atoms with van der Waals surface area (Å²) in [6.07, 6.45) is 0.0255. The molecule has 3 heteroatoms. The van der Waals surface area contributed by atoms with Gasteiger partial charge in [-0.05, 0) is 37.1 Å². The Kier molecular flexibility index (Phi) is 4.20. The normalized spacial score (nSPS) is 17.2. The monoisotopic (exact) mass is 308 g/mol. The van der Waals surface area contributed by atoms with Gasteiger partial charge < -0.3 is 9.47 Å². The van der Waals surface area contributed by atoms with Gasteiger partial charge in [0.25, 0.3) is 0 Å². The number of ether oxygens (including phenoxy) is 2. The number of methoxy groups -OCH3 is 1. The van der Waals surface area contributed by atoms with E-state index < -0.39 is 0 Å². The van der Waals surface area contributed by atoms with Gasteiger partial charge in [-0.15, -0.1) is 0 Å². The Morgan fingerprint density at radius 2 is 1.61 bits per heavy atom. The molecular weight excluding hydrogens is 288 g/mol. The first-order valence-electron chi connectivity index (χ1n) is 7.76. The molecule has 0 bridgehead atoms. The molecule has 0 aromatic heterocycles. The van der Waals surface area contributed by atoms with E-state index in [2.05, 4.69) is 0 Å². The molecule has 2 aromatic rings. The highest BCUT2D eigenvalue weighted by molar-refractivity contribution is 6.32. The third-order valence-electron chi connectivity index (χ3n) is 3.89. The lowest BCUT2D eigenvalue weighted by Gasteiger charge is -2.33. The number of rotatable bonds is 5. The van der Waals surface area contributed by atoms with Crippen LogP contribution in [0.15, 0.2) is 60.4 Å². The predicted octanol–water partition coefficient (Wildman–Crippen LogP) is 4.20. The van der Waals surface area contributed by atoms with Gasteiger partial charge >= 0.3 is 0 Å². The Balaban J connectivity index is 2.00. The third-order valence-corrected chi connectivity index (χ3v) is 3.89. The minimum atomic E-state index is -0.321. The molecule has 0 spiro atoms. The third kappa shape index (κ3) is 2.87. The molecule has 0 radical (unpaired) electrons. The second-order valence-corrected chi connectivity index (χ2v) is 5.84. The highest BCUT2D eigenvalue weighted by atomic mass is 16.5. The minimum Gasteiger partial charge on any atom is -0.497 e. The molecule has 3 rings (SSSR count). The van der Waals surface area contributed by atoms with Crippen molar-refractivity contribution in [3.05, 3.63) is 71.5 Å². The van der Waals surface area contributed by atoms with E-state index in [1.807, 2.05) is 68.4 Å².